The molecule has 5 nitrogen and oxygen atoms in total. The molecule has 6 rings (SSSR count). The van der Waals surface area contributed by atoms with Gasteiger partial charge in [0.2, 0.25) is 0 Å². The Morgan fingerprint density at radius 1 is 1.13 bits per heavy atom. The molecule has 2 aromatic rings. The molecule has 30 heavy (non-hydrogen) atoms. The third-order valence-corrected chi connectivity index (χ3v) is 6.82. The number of halogens is 3. The molecule has 8 heteroatoms. The maximum Gasteiger partial charge on any atom is 0.416 e. The first kappa shape index (κ1) is 19.5. The summed E-state index contributed by atoms with van der Waals surface area (Å²) in [5, 5.41) is 7.52. The van der Waals surface area contributed by atoms with Gasteiger partial charge >= 0.3 is 6.18 Å². The van der Waals surface area contributed by atoms with Crippen molar-refractivity contribution in [3.63, 3.8) is 0 Å². The molecule has 160 valence electrons. The number of carbonyl (C=O) groups excluding carboxylic acids is 1. The second-order valence-corrected chi connectivity index (χ2v) is 9.19. The van der Waals surface area contributed by atoms with Gasteiger partial charge in [-0.1, -0.05) is 6.07 Å². The minimum atomic E-state index is -4.42. The Morgan fingerprint density at radius 3 is 2.43 bits per heavy atom. The molecule has 1 N–H and O–H groups in total. The monoisotopic (exact) mass is 419 g/mol. The molecular weight excluding hydrogens is 395 g/mol. The van der Waals surface area contributed by atoms with Crippen LogP contribution in [0.4, 0.5) is 13.2 Å². The number of carbonyl (C=O) groups is 1. The van der Waals surface area contributed by atoms with Crippen molar-refractivity contribution in [1.29, 1.82) is 0 Å². The molecular formula is C22H24F3N3O2. The van der Waals surface area contributed by atoms with Crippen molar-refractivity contribution >= 4 is 5.91 Å². The summed E-state index contributed by atoms with van der Waals surface area (Å²) in [6.45, 7) is -0.0774. The molecule has 1 aromatic heterocycles. The summed E-state index contributed by atoms with van der Waals surface area (Å²) in [5.41, 5.74) is -0.557. The van der Waals surface area contributed by atoms with Crippen LogP contribution in [-0.2, 0) is 12.9 Å². The van der Waals surface area contributed by atoms with Gasteiger partial charge in [-0.3, -0.25) is 4.79 Å². The highest BCUT2D eigenvalue weighted by Crippen LogP contribution is 2.55. The van der Waals surface area contributed by atoms with Crippen LogP contribution in [0.25, 0.3) is 0 Å². The highest BCUT2D eigenvalue weighted by molar-refractivity contribution is 5.92. The maximum absolute atomic E-state index is 12.8. The van der Waals surface area contributed by atoms with Crippen molar-refractivity contribution in [1.82, 2.24) is 15.1 Å². The van der Waals surface area contributed by atoms with Gasteiger partial charge in [0.05, 0.1) is 5.56 Å². The Labute approximate surface area is 172 Å². The first-order valence-corrected chi connectivity index (χ1v) is 10.4. The smallest absolute Gasteiger partial charge is 0.416 e. The molecule has 4 bridgehead atoms. The number of ether oxygens (including phenoxy) is 1. The van der Waals surface area contributed by atoms with Crippen LogP contribution in [0.15, 0.2) is 36.5 Å². The molecule has 0 radical (unpaired) electrons. The summed E-state index contributed by atoms with van der Waals surface area (Å²) in [5.74, 6) is 2.11. The minimum absolute atomic E-state index is 0.0774. The van der Waals surface area contributed by atoms with Crippen LogP contribution < -0.4 is 10.1 Å². The van der Waals surface area contributed by atoms with Gasteiger partial charge < -0.3 is 10.1 Å². The zero-order valence-electron chi connectivity index (χ0n) is 16.5. The number of rotatable bonds is 5. The summed E-state index contributed by atoms with van der Waals surface area (Å²) in [4.78, 5) is 12.8. The van der Waals surface area contributed by atoms with Crippen LogP contribution >= 0.6 is 0 Å². The molecule has 1 amide bonds. The molecule has 0 unspecified atom stereocenters. The zero-order valence-corrected chi connectivity index (χ0v) is 16.5. The number of amides is 1. The predicted molar refractivity (Wildman–Crippen MR) is 103 cm³/mol. The average molecular weight is 419 g/mol. The van der Waals surface area contributed by atoms with Gasteiger partial charge in [-0.15, -0.1) is 0 Å². The van der Waals surface area contributed by atoms with Crippen LogP contribution in [0.2, 0.25) is 0 Å². The highest BCUT2D eigenvalue weighted by Gasteiger charge is 2.51. The van der Waals surface area contributed by atoms with Gasteiger partial charge in [-0.05, 0) is 80.5 Å². The van der Waals surface area contributed by atoms with Gasteiger partial charge in [-0.2, -0.15) is 18.3 Å². The van der Waals surface area contributed by atoms with Crippen LogP contribution in [-0.4, -0.2) is 21.2 Å². The van der Waals surface area contributed by atoms with E-state index < -0.39 is 11.7 Å². The van der Waals surface area contributed by atoms with Gasteiger partial charge in [0.25, 0.3) is 5.91 Å². The second kappa shape index (κ2) is 7.03. The number of nitrogens with zero attached hydrogens (tertiary/aromatic N) is 2. The highest BCUT2D eigenvalue weighted by atomic mass is 19.4. The molecule has 0 saturated heterocycles. The van der Waals surface area contributed by atoms with E-state index in [1.807, 2.05) is 0 Å². The van der Waals surface area contributed by atoms with Crippen molar-refractivity contribution in [3.8, 4) is 5.75 Å². The van der Waals surface area contributed by atoms with E-state index in [-0.39, 0.29) is 23.9 Å². The van der Waals surface area contributed by atoms with E-state index in [0.717, 1.165) is 49.1 Å². The summed E-state index contributed by atoms with van der Waals surface area (Å²) in [6.07, 6.45) is 4.26. The number of alkyl halides is 3. The van der Waals surface area contributed by atoms with Crippen molar-refractivity contribution < 1.29 is 22.7 Å². The Balaban J connectivity index is 1.21. The fraction of sp³-hybridized carbons (Fsp3) is 0.545. The number of hydrogen-bond acceptors (Lipinski definition) is 3. The van der Waals surface area contributed by atoms with E-state index in [4.69, 9.17) is 4.74 Å². The summed E-state index contributed by atoms with van der Waals surface area (Å²) in [6, 6.07) is 6.31. The molecule has 1 heterocycles. The zero-order chi connectivity index (χ0) is 20.9. The van der Waals surface area contributed by atoms with Gasteiger partial charge in [-0.25, -0.2) is 4.68 Å². The lowest BCUT2D eigenvalue weighted by molar-refractivity contribution is -0.137. The van der Waals surface area contributed by atoms with Crippen molar-refractivity contribution in [2.24, 2.45) is 17.8 Å². The molecule has 0 aliphatic heterocycles. The van der Waals surface area contributed by atoms with E-state index in [0.29, 0.717) is 5.69 Å². The van der Waals surface area contributed by atoms with Crippen LogP contribution in [0, 0.1) is 17.8 Å². The summed E-state index contributed by atoms with van der Waals surface area (Å²) in [7, 11) is 0. The number of benzene rings is 1. The molecule has 0 spiro atoms. The maximum atomic E-state index is 12.8. The third kappa shape index (κ3) is 3.79. The summed E-state index contributed by atoms with van der Waals surface area (Å²) < 4.78 is 45.3. The first-order valence-electron chi connectivity index (χ1n) is 10.4. The molecule has 4 saturated carbocycles. The van der Waals surface area contributed by atoms with Gasteiger partial charge in [0, 0.05) is 11.7 Å². The first-order chi connectivity index (χ1) is 14.3. The van der Waals surface area contributed by atoms with Crippen molar-refractivity contribution in [3.05, 3.63) is 47.8 Å². The number of aromatic nitrogens is 2. The fourth-order valence-electron chi connectivity index (χ4n) is 6.03. The number of hydrogen-bond donors (Lipinski definition) is 1. The van der Waals surface area contributed by atoms with Gasteiger partial charge in [0.15, 0.2) is 6.73 Å². The number of nitrogens with one attached hydrogen (secondary N) is 1. The SMILES string of the molecule is O=C(NC12CC3CC(CC(C3)C1)C2)c1ccn(COc2cccc(C(F)(F)F)c2)n1. The van der Waals surface area contributed by atoms with Gasteiger partial charge in [0.1, 0.15) is 11.4 Å². The minimum Gasteiger partial charge on any atom is -0.471 e. The molecule has 4 aliphatic rings. The van der Waals surface area contributed by atoms with Crippen LogP contribution in [0.3, 0.4) is 0 Å². The molecule has 0 atom stereocenters. The fourth-order valence-corrected chi connectivity index (χ4v) is 6.03. The lowest BCUT2D eigenvalue weighted by Crippen LogP contribution is -2.59. The van der Waals surface area contributed by atoms with Crippen molar-refractivity contribution in [2.45, 2.75) is 57.0 Å². The average Bonchev–Trinajstić information content (AvgIpc) is 3.14. The lowest BCUT2D eigenvalue weighted by Gasteiger charge is -2.56. The van der Waals surface area contributed by atoms with Crippen LogP contribution in [0.5, 0.6) is 5.75 Å². The largest absolute Gasteiger partial charge is 0.471 e. The molecule has 4 aliphatic carbocycles. The van der Waals surface area contributed by atoms with E-state index in [1.54, 1.807) is 12.3 Å². The molecule has 4 fully saturated rings. The Kier molecular flexibility index (Phi) is 4.56. The Hall–Kier alpha value is -2.51. The predicted octanol–water partition coefficient (Wildman–Crippen LogP) is 4.64. The van der Waals surface area contributed by atoms with E-state index in [2.05, 4.69) is 10.4 Å². The quantitative estimate of drug-likeness (QED) is 0.768. The van der Waals surface area contributed by atoms with Crippen molar-refractivity contribution in [2.75, 3.05) is 0 Å². The topological polar surface area (TPSA) is 56.2 Å². The lowest BCUT2D eigenvalue weighted by atomic mass is 9.53. The summed E-state index contributed by atoms with van der Waals surface area (Å²) >= 11 is 0. The van der Waals surface area contributed by atoms with E-state index in [9.17, 15) is 18.0 Å². The Morgan fingerprint density at radius 2 is 1.80 bits per heavy atom. The van der Waals surface area contributed by atoms with E-state index >= 15 is 0 Å². The van der Waals surface area contributed by atoms with E-state index in [1.165, 1.54) is 36.1 Å². The normalized spacial score (nSPS) is 29.8. The third-order valence-electron chi connectivity index (χ3n) is 6.82. The standard InChI is InChI=1S/C22H24F3N3O2/c23-22(24,25)17-2-1-3-18(9-17)30-13-28-5-4-19(27-28)20(29)26-21-10-14-6-15(11-21)8-16(7-14)12-21/h1-5,9,14-16H,6-8,10-13H2,(H,26,29). The van der Waals surface area contributed by atoms with Crippen LogP contribution in [0.1, 0.15) is 54.6 Å². The second-order valence-electron chi connectivity index (χ2n) is 9.19. The molecule has 1 aromatic carbocycles. The Bertz CT molecular complexity index is 918.